The first-order valence-electron chi connectivity index (χ1n) is 17.9. The maximum atomic E-state index is 7.94. The first-order chi connectivity index (χ1) is 25.2. The van der Waals surface area contributed by atoms with Gasteiger partial charge in [0.05, 0.1) is 0 Å². The monoisotopic (exact) mass is 744 g/mol. The molecule has 0 aliphatic carbocycles. The molecule has 4 nitrogen and oxygen atoms in total. The second kappa shape index (κ2) is 12.6. The van der Waals surface area contributed by atoms with Crippen molar-refractivity contribution in [3.05, 3.63) is 170 Å². The van der Waals surface area contributed by atoms with Gasteiger partial charge in [0.15, 0.2) is 0 Å². The molecule has 1 aliphatic heterocycles. The summed E-state index contributed by atoms with van der Waals surface area (Å²) in [5, 5.41) is 13.5. The fourth-order valence-electron chi connectivity index (χ4n) is 8.50. The van der Waals surface area contributed by atoms with Crippen molar-refractivity contribution in [1.29, 1.82) is 0 Å². The summed E-state index contributed by atoms with van der Waals surface area (Å²) < 4.78 is 31.7. The highest BCUT2D eigenvalue weighted by Gasteiger charge is 2.60. The summed E-state index contributed by atoms with van der Waals surface area (Å²) in [5.41, 5.74) is 0. The third-order valence-electron chi connectivity index (χ3n) is 10.7. The van der Waals surface area contributed by atoms with Crippen molar-refractivity contribution in [2.75, 3.05) is 0 Å². The van der Waals surface area contributed by atoms with E-state index < -0.39 is 34.2 Å². The van der Waals surface area contributed by atoms with Gasteiger partial charge in [-0.15, -0.1) is 0 Å². The highest BCUT2D eigenvalue weighted by atomic mass is 28.5. The van der Waals surface area contributed by atoms with Gasteiger partial charge < -0.3 is 16.5 Å². The first-order valence-corrected chi connectivity index (χ1v) is 27.2. The van der Waals surface area contributed by atoms with Gasteiger partial charge in [0, 0.05) is 20.7 Å². The Morgan fingerprint density at radius 1 is 0.250 bits per heavy atom. The number of fused-ring (bicyclic) bond motifs is 4. The average Bonchev–Trinajstić information content (AvgIpc) is 3.16. The Morgan fingerprint density at radius 3 is 0.673 bits per heavy atom. The molecule has 0 amide bonds. The molecule has 0 bridgehead atoms. The normalized spacial score (nSPS) is 25.3. The van der Waals surface area contributed by atoms with E-state index in [4.69, 9.17) is 16.5 Å². The minimum Gasteiger partial charge on any atom is -0.409 e. The van der Waals surface area contributed by atoms with Crippen LogP contribution in [0.5, 0.6) is 0 Å². The highest BCUT2D eigenvalue weighted by Crippen LogP contribution is 2.35. The maximum Gasteiger partial charge on any atom is 0.352 e. The Bertz CT molecular complexity index is 2250. The second-order valence-corrected chi connectivity index (χ2v) is 27.3. The number of hydrogen-bond acceptors (Lipinski definition) is 4. The summed E-state index contributed by atoms with van der Waals surface area (Å²) in [7, 11) is -13.6. The maximum absolute atomic E-state index is 7.94. The van der Waals surface area contributed by atoms with E-state index in [9.17, 15) is 0 Å². The van der Waals surface area contributed by atoms with Gasteiger partial charge in [-0.05, 0) is 69.3 Å². The summed E-state index contributed by atoms with van der Waals surface area (Å²) >= 11 is 0. The van der Waals surface area contributed by atoms with Crippen LogP contribution in [0.2, 0.25) is 26.2 Å². The van der Waals surface area contributed by atoms with Gasteiger partial charge in [0.2, 0.25) is 0 Å². The van der Waals surface area contributed by atoms with Crippen LogP contribution in [-0.2, 0) is 16.5 Å². The molecule has 0 saturated carbocycles. The molecule has 8 aromatic rings. The van der Waals surface area contributed by atoms with Crippen LogP contribution in [0.25, 0.3) is 43.1 Å². The van der Waals surface area contributed by atoms with Crippen molar-refractivity contribution in [2.24, 2.45) is 0 Å². The summed E-state index contributed by atoms with van der Waals surface area (Å²) in [6, 6.07) is 60.2. The van der Waals surface area contributed by atoms with Crippen LogP contribution in [0.4, 0.5) is 0 Å². The molecular weight excluding hydrogens is 705 g/mol. The highest BCUT2D eigenvalue weighted by molar-refractivity contribution is 7.06. The zero-order valence-electron chi connectivity index (χ0n) is 29.8. The number of benzene rings is 8. The lowest BCUT2D eigenvalue weighted by Crippen LogP contribution is -2.77. The molecule has 1 fully saturated rings. The van der Waals surface area contributed by atoms with Crippen LogP contribution in [0, 0.1) is 0 Å². The van der Waals surface area contributed by atoms with Crippen LogP contribution < -0.4 is 20.7 Å². The Kier molecular flexibility index (Phi) is 8.07. The molecule has 0 unspecified atom stereocenters. The van der Waals surface area contributed by atoms with E-state index in [1.165, 1.54) is 0 Å². The van der Waals surface area contributed by atoms with E-state index in [1.807, 2.05) is 0 Å². The molecule has 8 heteroatoms. The molecule has 0 N–H and O–H groups in total. The third kappa shape index (κ3) is 5.54. The molecule has 0 spiro atoms. The van der Waals surface area contributed by atoms with Crippen LogP contribution in [0.3, 0.4) is 0 Å². The van der Waals surface area contributed by atoms with Crippen molar-refractivity contribution in [2.45, 2.75) is 26.2 Å². The molecule has 1 saturated heterocycles. The minimum atomic E-state index is -3.39. The zero-order chi connectivity index (χ0) is 35.6. The van der Waals surface area contributed by atoms with Crippen molar-refractivity contribution >= 4 is 98.1 Å². The number of hydrogen-bond donors (Lipinski definition) is 0. The van der Waals surface area contributed by atoms with Crippen LogP contribution in [0.15, 0.2) is 170 Å². The molecule has 8 aromatic carbocycles. The van der Waals surface area contributed by atoms with Crippen LogP contribution in [-0.4, -0.2) is 34.2 Å². The standard InChI is InChI=1S/C44H40O4Si4/c1-49(41-29-13-21-33-17-5-9-25-37(33)41)45-50(2,42-30-14-22-34-18-6-10-26-38(34)42)47-52(4,44-32-16-24-36-20-8-12-28-40(36)44)48-51(3,46-49)43-31-15-23-35-19-7-11-27-39(35)43/h5-32H,1-4H3. The lowest BCUT2D eigenvalue weighted by Gasteiger charge is -2.51. The fourth-order valence-corrected chi connectivity index (χ4v) is 30.5. The van der Waals surface area contributed by atoms with Gasteiger partial charge in [0.1, 0.15) is 0 Å². The van der Waals surface area contributed by atoms with Gasteiger partial charge in [-0.1, -0.05) is 170 Å². The molecule has 0 radical (unpaired) electrons. The van der Waals surface area contributed by atoms with E-state index in [-0.39, 0.29) is 0 Å². The SMILES string of the molecule is C[Si]1(c2cccc3ccccc23)O[Si](C)(c2cccc3ccccc23)O[Si](C)(c2cccc3ccccc23)O[Si](C)(c2cccc3ccccc23)O1. The molecule has 0 atom stereocenters. The predicted molar refractivity (Wildman–Crippen MR) is 225 cm³/mol. The summed E-state index contributed by atoms with van der Waals surface area (Å²) in [4.78, 5) is 0. The largest absolute Gasteiger partial charge is 0.409 e. The van der Waals surface area contributed by atoms with Crippen molar-refractivity contribution in [1.82, 2.24) is 0 Å². The van der Waals surface area contributed by atoms with Crippen molar-refractivity contribution in [3.8, 4) is 0 Å². The fraction of sp³-hybridized carbons (Fsp3) is 0.0909. The molecule has 0 aromatic heterocycles. The summed E-state index contributed by atoms with van der Waals surface area (Å²) in [5.74, 6) is 0. The third-order valence-corrected chi connectivity index (χ3v) is 28.8. The Balaban J connectivity index is 1.36. The zero-order valence-corrected chi connectivity index (χ0v) is 33.8. The minimum absolute atomic E-state index is 1.09. The Hall–Kier alpha value is -4.49. The van der Waals surface area contributed by atoms with Gasteiger partial charge in [-0.2, -0.15) is 0 Å². The van der Waals surface area contributed by atoms with E-state index in [0.717, 1.165) is 63.8 Å². The average molecular weight is 745 g/mol. The number of rotatable bonds is 4. The Morgan fingerprint density at radius 2 is 0.442 bits per heavy atom. The quantitative estimate of drug-likeness (QED) is 0.169. The Labute approximate surface area is 309 Å². The summed E-state index contributed by atoms with van der Waals surface area (Å²) in [6.45, 7) is 8.87. The van der Waals surface area contributed by atoms with Crippen LogP contribution in [0.1, 0.15) is 0 Å². The molecule has 256 valence electrons. The van der Waals surface area contributed by atoms with E-state index >= 15 is 0 Å². The first kappa shape index (κ1) is 33.4. The van der Waals surface area contributed by atoms with Gasteiger partial charge in [0.25, 0.3) is 0 Å². The van der Waals surface area contributed by atoms with Gasteiger partial charge >= 0.3 is 34.2 Å². The second-order valence-electron chi connectivity index (χ2n) is 14.3. The van der Waals surface area contributed by atoms with E-state index in [2.05, 4.69) is 196 Å². The smallest absolute Gasteiger partial charge is 0.352 e. The molecule has 1 aliphatic rings. The lowest BCUT2D eigenvalue weighted by atomic mass is 10.1. The van der Waals surface area contributed by atoms with Crippen LogP contribution >= 0.6 is 0 Å². The topological polar surface area (TPSA) is 36.9 Å². The molecule has 52 heavy (non-hydrogen) atoms. The molecular formula is C44H40O4Si4. The van der Waals surface area contributed by atoms with Gasteiger partial charge in [-0.25, -0.2) is 0 Å². The molecule has 9 rings (SSSR count). The lowest BCUT2D eigenvalue weighted by molar-refractivity contribution is 0.254. The van der Waals surface area contributed by atoms with Crippen molar-refractivity contribution < 1.29 is 16.5 Å². The predicted octanol–water partition coefficient (Wildman–Crippen LogP) is 8.60. The van der Waals surface area contributed by atoms with Gasteiger partial charge in [-0.3, -0.25) is 0 Å². The summed E-state index contributed by atoms with van der Waals surface area (Å²) in [6.07, 6.45) is 0. The van der Waals surface area contributed by atoms with Crippen molar-refractivity contribution in [3.63, 3.8) is 0 Å². The van der Waals surface area contributed by atoms with E-state index in [1.54, 1.807) is 0 Å². The van der Waals surface area contributed by atoms with E-state index in [0.29, 0.717) is 0 Å². The molecule has 1 heterocycles.